The molecule has 1 heterocycles. The van der Waals surface area contributed by atoms with Gasteiger partial charge in [-0.05, 0) is 6.07 Å². The van der Waals surface area contributed by atoms with E-state index in [1.807, 2.05) is 0 Å². The van der Waals surface area contributed by atoms with E-state index >= 15 is 0 Å². The molecule has 112 valence electrons. The summed E-state index contributed by atoms with van der Waals surface area (Å²) in [7, 11) is 1.59. The molecular formula is C13H11F4N3O. The number of nitrogens with one attached hydrogen (secondary N) is 1. The molecule has 0 spiro atoms. The Morgan fingerprint density at radius 1 is 1.33 bits per heavy atom. The summed E-state index contributed by atoms with van der Waals surface area (Å²) in [6.07, 6.45) is -3.46. The van der Waals surface area contributed by atoms with Crippen molar-refractivity contribution in [3.05, 3.63) is 57.8 Å². The molecular weight excluding hydrogens is 290 g/mol. The van der Waals surface area contributed by atoms with E-state index in [9.17, 15) is 22.4 Å². The average molecular weight is 301 g/mol. The maximum absolute atomic E-state index is 13.9. The van der Waals surface area contributed by atoms with Crippen LogP contribution in [0.15, 0.2) is 35.3 Å². The van der Waals surface area contributed by atoms with Crippen molar-refractivity contribution in [2.24, 2.45) is 0 Å². The van der Waals surface area contributed by atoms with Crippen molar-refractivity contribution in [1.29, 1.82) is 0 Å². The van der Waals surface area contributed by atoms with Crippen molar-refractivity contribution in [3.8, 4) is 0 Å². The molecule has 21 heavy (non-hydrogen) atoms. The van der Waals surface area contributed by atoms with Crippen LogP contribution in [0, 0.1) is 5.82 Å². The summed E-state index contributed by atoms with van der Waals surface area (Å²) >= 11 is 0. The van der Waals surface area contributed by atoms with E-state index in [4.69, 9.17) is 0 Å². The lowest BCUT2D eigenvalue weighted by Crippen LogP contribution is -2.23. The lowest BCUT2D eigenvalue weighted by Gasteiger charge is -2.12. The van der Waals surface area contributed by atoms with Gasteiger partial charge in [0.25, 0.3) is 5.56 Å². The third-order valence-electron chi connectivity index (χ3n) is 2.86. The smallest absolute Gasteiger partial charge is 0.387 e. The van der Waals surface area contributed by atoms with E-state index < -0.39 is 23.1 Å². The summed E-state index contributed by atoms with van der Waals surface area (Å²) in [5, 5.41) is 6.47. The van der Waals surface area contributed by atoms with Gasteiger partial charge < -0.3 is 5.32 Å². The Morgan fingerprint density at radius 2 is 2.05 bits per heavy atom. The van der Waals surface area contributed by atoms with Crippen molar-refractivity contribution < 1.29 is 17.6 Å². The Balaban J connectivity index is 2.39. The second-order valence-corrected chi connectivity index (χ2v) is 4.27. The van der Waals surface area contributed by atoms with E-state index in [2.05, 4.69) is 10.4 Å². The number of hydrogen-bond donors (Lipinski definition) is 1. The highest BCUT2D eigenvalue weighted by Crippen LogP contribution is 2.32. The third-order valence-corrected chi connectivity index (χ3v) is 2.86. The van der Waals surface area contributed by atoms with Crippen LogP contribution in [0.5, 0.6) is 0 Å². The Kier molecular flexibility index (Phi) is 3.97. The van der Waals surface area contributed by atoms with Crippen LogP contribution < -0.4 is 10.9 Å². The molecule has 4 nitrogen and oxygen atoms in total. The van der Waals surface area contributed by atoms with Gasteiger partial charge in [-0.15, -0.1) is 0 Å². The van der Waals surface area contributed by atoms with Crippen molar-refractivity contribution in [2.75, 3.05) is 12.4 Å². The van der Waals surface area contributed by atoms with E-state index in [0.717, 1.165) is 10.7 Å². The number of alkyl halides is 3. The maximum Gasteiger partial charge on any atom is 0.419 e. The minimum atomic E-state index is -4.78. The van der Waals surface area contributed by atoms with Crippen molar-refractivity contribution in [3.63, 3.8) is 0 Å². The number of benzene rings is 1. The summed E-state index contributed by atoms with van der Waals surface area (Å²) in [6.45, 7) is -0.376. The quantitative estimate of drug-likeness (QED) is 0.886. The van der Waals surface area contributed by atoms with Gasteiger partial charge in [0.1, 0.15) is 5.82 Å². The fraction of sp³-hybridized carbons (Fsp3) is 0.231. The lowest BCUT2D eigenvalue weighted by molar-refractivity contribution is -0.140. The van der Waals surface area contributed by atoms with Gasteiger partial charge in [-0.25, -0.2) is 9.07 Å². The maximum atomic E-state index is 13.9. The Hall–Kier alpha value is -2.38. The van der Waals surface area contributed by atoms with Crippen molar-refractivity contribution in [1.82, 2.24) is 9.78 Å². The fourth-order valence-corrected chi connectivity index (χ4v) is 1.77. The van der Waals surface area contributed by atoms with Gasteiger partial charge in [-0.2, -0.15) is 18.3 Å². The average Bonchev–Trinajstić information content (AvgIpc) is 2.41. The van der Waals surface area contributed by atoms with Crippen molar-refractivity contribution in [2.45, 2.75) is 12.7 Å². The molecule has 0 saturated carbocycles. The molecule has 0 aliphatic heterocycles. The number of hydrogen-bond acceptors (Lipinski definition) is 3. The monoisotopic (exact) mass is 301 g/mol. The molecule has 0 atom stereocenters. The molecule has 0 radical (unpaired) electrons. The summed E-state index contributed by atoms with van der Waals surface area (Å²) in [5.41, 5.74) is -1.70. The first-order valence-corrected chi connectivity index (χ1v) is 5.92. The highest BCUT2D eigenvalue weighted by molar-refractivity contribution is 5.37. The second kappa shape index (κ2) is 5.55. The zero-order valence-corrected chi connectivity index (χ0v) is 10.9. The molecule has 1 aromatic carbocycles. The molecule has 2 aromatic rings. The molecule has 8 heteroatoms. The predicted octanol–water partition coefficient (Wildman–Crippen LogP) is 2.49. The van der Waals surface area contributed by atoms with Crippen LogP contribution in [0.3, 0.4) is 0 Å². The molecule has 2 rings (SSSR count). The fourth-order valence-electron chi connectivity index (χ4n) is 1.77. The number of anilines is 1. The standard InChI is InChI=1S/C13H11F4N3O/c1-18-9-5-11(21)20(19-6-9)7-8-3-2-4-10(12(8)14)13(15,16)17/h2-6,18H,7H2,1H3. The van der Waals surface area contributed by atoms with Gasteiger partial charge in [0.2, 0.25) is 0 Å². The number of aromatic nitrogens is 2. The Labute approximate surface area is 117 Å². The van der Waals surface area contributed by atoms with E-state index in [0.29, 0.717) is 11.8 Å². The normalized spacial score (nSPS) is 11.5. The summed E-state index contributed by atoms with van der Waals surface area (Å²) in [6, 6.07) is 4.15. The van der Waals surface area contributed by atoms with Crippen LogP contribution in [-0.4, -0.2) is 16.8 Å². The molecule has 0 amide bonds. The highest BCUT2D eigenvalue weighted by Gasteiger charge is 2.34. The van der Waals surface area contributed by atoms with Crippen LogP contribution in [0.1, 0.15) is 11.1 Å². The summed E-state index contributed by atoms with van der Waals surface area (Å²) < 4.78 is 52.6. The first-order valence-electron chi connectivity index (χ1n) is 5.92. The Bertz CT molecular complexity index is 709. The summed E-state index contributed by atoms with van der Waals surface area (Å²) in [4.78, 5) is 11.7. The number of halogens is 4. The largest absolute Gasteiger partial charge is 0.419 e. The van der Waals surface area contributed by atoms with Gasteiger partial charge in [0, 0.05) is 18.7 Å². The number of rotatable bonds is 3. The first kappa shape index (κ1) is 15.0. The van der Waals surface area contributed by atoms with Gasteiger partial charge in [-0.3, -0.25) is 4.79 Å². The zero-order chi connectivity index (χ0) is 15.6. The molecule has 1 N–H and O–H groups in total. The van der Waals surface area contributed by atoms with E-state index in [-0.39, 0.29) is 12.1 Å². The van der Waals surface area contributed by atoms with E-state index in [1.165, 1.54) is 18.3 Å². The van der Waals surface area contributed by atoms with Crippen molar-refractivity contribution >= 4 is 5.69 Å². The molecule has 0 aliphatic carbocycles. The highest BCUT2D eigenvalue weighted by atomic mass is 19.4. The molecule has 0 bridgehead atoms. The Morgan fingerprint density at radius 3 is 2.62 bits per heavy atom. The third kappa shape index (κ3) is 3.21. The zero-order valence-electron chi connectivity index (χ0n) is 10.9. The molecule has 0 fully saturated rings. The van der Waals surface area contributed by atoms with Crippen LogP contribution in [0.4, 0.5) is 23.2 Å². The van der Waals surface area contributed by atoms with Crippen LogP contribution >= 0.6 is 0 Å². The van der Waals surface area contributed by atoms with Crippen LogP contribution in [-0.2, 0) is 12.7 Å². The second-order valence-electron chi connectivity index (χ2n) is 4.27. The SMILES string of the molecule is CNc1cnn(Cc2cccc(C(F)(F)F)c2F)c(=O)c1. The molecule has 0 unspecified atom stereocenters. The minimum Gasteiger partial charge on any atom is -0.387 e. The predicted molar refractivity (Wildman–Crippen MR) is 68.5 cm³/mol. The molecule has 1 aromatic heterocycles. The number of nitrogens with zero attached hydrogens (tertiary/aromatic N) is 2. The van der Waals surface area contributed by atoms with Crippen LogP contribution in [0.2, 0.25) is 0 Å². The first-order chi connectivity index (χ1) is 9.82. The molecule has 0 saturated heterocycles. The van der Waals surface area contributed by atoms with Gasteiger partial charge in [-0.1, -0.05) is 12.1 Å². The van der Waals surface area contributed by atoms with Gasteiger partial charge in [0.05, 0.1) is 24.0 Å². The minimum absolute atomic E-state index is 0.253. The summed E-state index contributed by atoms with van der Waals surface area (Å²) in [5.74, 6) is -1.39. The van der Waals surface area contributed by atoms with Crippen LogP contribution in [0.25, 0.3) is 0 Å². The van der Waals surface area contributed by atoms with Gasteiger partial charge in [0.15, 0.2) is 0 Å². The lowest BCUT2D eigenvalue weighted by atomic mass is 10.1. The topological polar surface area (TPSA) is 46.9 Å². The molecule has 0 aliphatic rings. The van der Waals surface area contributed by atoms with Gasteiger partial charge >= 0.3 is 6.18 Å². The van der Waals surface area contributed by atoms with E-state index in [1.54, 1.807) is 7.05 Å².